The minimum absolute atomic E-state index is 0.171. The van der Waals surface area contributed by atoms with Crippen molar-refractivity contribution in [2.24, 2.45) is 17.8 Å². The highest BCUT2D eigenvalue weighted by atomic mass is 16.4. The van der Waals surface area contributed by atoms with Crippen LogP contribution in [-0.2, 0) is 4.79 Å². The van der Waals surface area contributed by atoms with Crippen molar-refractivity contribution in [1.82, 2.24) is 10.2 Å². The zero-order valence-electron chi connectivity index (χ0n) is 13.1. The molecule has 0 saturated heterocycles. The van der Waals surface area contributed by atoms with Crippen LogP contribution in [0.25, 0.3) is 0 Å². The SMILES string of the molecule is CC(C)CN(CC(=O)O)C(=O)NC1CC(C)CC(C)C1. The predicted octanol–water partition coefficient (Wildman–Crippen LogP) is 2.56. The van der Waals surface area contributed by atoms with Gasteiger partial charge in [0, 0.05) is 12.6 Å². The van der Waals surface area contributed by atoms with Crippen molar-refractivity contribution in [2.75, 3.05) is 13.1 Å². The molecule has 0 aromatic carbocycles. The van der Waals surface area contributed by atoms with Crippen molar-refractivity contribution >= 4 is 12.0 Å². The number of carbonyl (C=O) groups is 2. The first kappa shape index (κ1) is 16.8. The Morgan fingerprint density at radius 1 is 1.20 bits per heavy atom. The topological polar surface area (TPSA) is 69.6 Å². The van der Waals surface area contributed by atoms with Crippen LogP contribution in [0.15, 0.2) is 0 Å². The maximum absolute atomic E-state index is 12.2. The number of urea groups is 1. The van der Waals surface area contributed by atoms with E-state index in [9.17, 15) is 9.59 Å². The summed E-state index contributed by atoms with van der Waals surface area (Å²) >= 11 is 0. The summed E-state index contributed by atoms with van der Waals surface area (Å²) in [5, 5.41) is 11.9. The lowest BCUT2D eigenvalue weighted by Gasteiger charge is -2.33. The van der Waals surface area contributed by atoms with Crippen LogP contribution >= 0.6 is 0 Å². The number of carboxylic acids is 1. The summed E-state index contributed by atoms with van der Waals surface area (Å²) in [6.07, 6.45) is 3.18. The Hall–Kier alpha value is -1.26. The Bertz CT molecular complexity index is 334. The smallest absolute Gasteiger partial charge is 0.323 e. The average Bonchev–Trinajstić information content (AvgIpc) is 2.24. The zero-order valence-corrected chi connectivity index (χ0v) is 13.1. The van der Waals surface area contributed by atoms with Gasteiger partial charge in [-0.1, -0.05) is 27.7 Å². The number of carbonyl (C=O) groups excluding carboxylic acids is 1. The number of carboxylic acid groups (broad SMARTS) is 1. The summed E-state index contributed by atoms with van der Waals surface area (Å²) in [5.74, 6) is 0.514. The van der Waals surface area contributed by atoms with Crippen LogP contribution in [0.4, 0.5) is 4.79 Å². The van der Waals surface area contributed by atoms with Crippen LogP contribution < -0.4 is 5.32 Å². The number of amides is 2. The molecule has 0 spiro atoms. The molecule has 2 N–H and O–H groups in total. The average molecular weight is 284 g/mol. The first-order valence-electron chi connectivity index (χ1n) is 7.55. The first-order valence-corrected chi connectivity index (χ1v) is 7.55. The molecule has 0 bridgehead atoms. The molecule has 1 aliphatic carbocycles. The van der Waals surface area contributed by atoms with Crippen molar-refractivity contribution in [3.05, 3.63) is 0 Å². The van der Waals surface area contributed by atoms with E-state index >= 15 is 0 Å². The molecule has 20 heavy (non-hydrogen) atoms. The maximum atomic E-state index is 12.2. The Labute approximate surface area is 121 Å². The Kier molecular flexibility index (Phi) is 6.30. The highest BCUT2D eigenvalue weighted by Crippen LogP contribution is 2.28. The molecular weight excluding hydrogens is 256 g/mol. The van der Waals surface area contributed by atoms with Crippen LogP contribution in [0, 0.1) is 17.8 Å². The molecule has 2 atom stereocenters. The summed E-state index contributed by atoms with van der Waals surface area (Å²) in [6, 6.07) is -0.0721. The van der Waals surface area contributed by atoms with E-state index in [-0.39, 0.29) is 24.5 Å². The Balaban J connectivity index is 2.58. The van der Waals surface area contributed by atoms with Gasteiger partial charge in [-0.05, 0) is 37.0 Å². The van der Waals surface area contributed by atoms with Gasteiger partial charge in [0.15, 0.2) is 0 Å². The molecule has 1 aliphatic rings. The van der Waals surface area contributed by atoms with Gasteiger partial charge in [-0.15, -0.1) is 0 Å². The Morgan fingerprint density at radius 3 is 2.20 bits per heavy atom. The summed E-state index contributed by atoms with van der Waals surface area (Å²) in [5.41, 5.74) is 0. The zero-order chi connectivity index (χ0) is 15.3. The van der Waals surface area contributed by atoms with E-state index in [1.807, 2.05) is 13.8 Å². The monoisotopic (exact) mass is 284 g/mol. The van der Waals surface area contributed by atoms with Gasteiger partial charge >= 0.3 is 12.0 Å². The van der Waals surface area contributed by atoms with E-state index < -0.39 is 5.97 Å². The van der Waals surface area contributed by atoms with E-state index in [0.29, 0.717) is 18.4 Å². The lowest BCUT2D eigenvalue weighted by Crippen LogP contribution is -2.49. The largest absolute Gasteiger partial charge is 0.480 e. The third kappa shape index (κ3) is 5.80. The van der Waals surface area contributed by atoms with E-state index in [0.717, 1.165) is 12.8 Å². The van der Waals surface area contributed by atoms with Gasteiger partial charge in [-0.25, -0.2) is 4.79 Å². The van der Waals surface area contributed by atoms with E-state index in [1.54, 1.807) is 0 Å². The molecule has 0 aromatic rings. The van der Waals surface area contributed by atoms with Crippen molar-refractivity contribution in [3.63, 3.8) is 0 Å². The molecule has 1 fully saturated rings. The minimum atomic E-state index is -0.966. The fourth-order valence-corrected chi connectivity index (χ4v) is 3.15. The summed E-state index contributed by atoms with van der Waals surface area (Å²) in [6.45, 7) is 8.60. The molecule has 0 aromatic heterocycles. The van der Waals surface area contributed by atoms with E-state index in [4.69, 9.17) is 5.11 Å². The van der Waals surface area contributed by atoms with Crippen LogP contribution in [0.1, 0.15) is 47.0 Å². The molecule has 116 valence electrons. The molecule has 0 radical (unpaired) electrons. The van der Waals surface area contributed by atoms with E-state index in [2.05, 4.69) is 19.2 Å². The molecule has 5 nitrogen and oxygen atoms in total. The standard InChI is InChI=1S/C15H28N2O3/c1-10(2)8-17(9-14(18)19)15(20)16-13-6-11(3)5-12(4)7-13/h10-13H,5-9H2,1-4H3,(H,16,20)(H,18,19). The van der Waals surface area contributed by atoms with Crippen molar-refractivity contribution in [2.45, 2.75) is 53.0 Å². The first-order chi connectivity index (χ1) is 9.27. The van der Waals surface area contributed by atoms with Crippen LogP contribution in [0.3, 0.4) is 0 Å². The third-order valence-corrected chi connectivity index (χ3v) is 3.70. The van der Waals surface area contributed by atoms with Gasteiger partial charge in [0.25, 0.3) is 0 Å². The number of nitrogens with one attached hydrogen (secondary N) is 1. The predicted molar refractivity (Wildman–Crippen MR) is 78.5 cm³/mol. The Morgan fingerprint density at radius 2 is 1.75 bits per heavy atom. The normalized spacial score (nSPS) is 26.4. The van der Waals surface area contributed by atoms with Gasteiger partial charge in [-0.2, -0.15) is 0 Å². The second-order valence-corrected chi connectivity index (χ2v) is 6.73. The highest BCUT2D eigenvalue weighted by Gasteiger charge is 2.27. The van der Waals surface area contributed by atoms with Crippen LogP contribution in [-0.4, -0.2) is 41.1 Å². The summed E-state index contributed by atoms with van der Waals surface area (Å²) < 4.78 is 0. The van der Waals surface area contributed by atoms with Gasteiger partial charge in [0.2, 0.25) is 0 Å². The summed E-state index contributed by atoms with van der Waals surface area (Å²) in [7, 11) is 0. The fourth-order valence-electron chi connectivity index (χ4n) is 3.15. The quantitative estimate of drug-likeness (QED) is 0.815. The molecule has 5 heteroatoms. The third-order valence-electron chi connectivity index (χ3n) is 3.70. The fraction of sp³-hybridized carbons (Fsp3) is 0.867. The van der Waals surface area contributed by atoms with Crippen LogP contribution in [0.2, 0.25) is 0 Å². The lowest BCUT2D eigenvalue weighted by atomic mass is 9.80. The number of aliphatic carboxylic acids is 1. The van der Waals surface area contributed by atoms with Crippen molar-refractivity contribution in [3.8, 4) is 0 Å². The molecule has 0 aliphatic heterocycles. The maximum Gasteiger partial charge on any atom is 0.323 e. The molecular formula is C15H28N2O3. The molecule has 1 rings (SSSR count). The molecule has 1 saturated carbocycles. The van der Waals surface area contributed by atoms with Crippen LogP contribution in [0.5, 0.6) is 0 Å². The number of hydrogen-bond acceptors (Lipinski definition) is 2. The second-order valence-electron chi connectivity index (χ2n) is 6.73. The van der Waals surface area contributed by atoms with Gasteiger partial charge < -0.3 is 15.3 Å². The lowest BCUT2D eigenvalue weighted by molar-refractivity contribution is -0.137. The molecule has 2 unspecified atom stereocenters. The van der Waals surface area contributed by atoms with Gasteiger partial charge in [0.05, 0.1) is 0 Å². The van der Waals surface area contributed by atoms with E-state index in [1.165, 1.54) is 11.3 Å². The molecule has 2 amide bonds. The van der Waals surface area contributed by atoms with Gasteiger partial charge in [-0.3, -0.25) is 4.79 Å². The highest BCUT2D eigenvalue weighted by molar-refractivity contribution is 5.80. The number of nitrogens with zero attached hydrogens (tertiary/aromatic N) is 1. The van der Waals surface area contributed by atoms with Crippen molar-refractivity contribution < 1.29 is 14.7 Å². The number of rotatable bonds is 5. The second kappa shape index (κ2) is 7.50. The van der Waals surface area contributed by atoms with Crippen molar-refractivity contribution in [1.29, 1.82) is 0 Å². The summed E-state index contributed by atoms with van der Waals surface area (Å²) in [4.78, 5) is 24.5. The minimum Gasteiger partial charge on any atom is -0.480 e. The van der Waals surface area contributed by atoms with Gasteiger partial charge in [0.1, 0.15) is 6.54 Å². The number of hydrogen-bond donors (Lipinski definition) is 2. The molecule has 0 heterocycles.